The van der Waals surface area contributed by atoms with E-state index in [-0.39, 0.29) is 35.6 Å². The lowest BCUT2D eigenvalue weighted by Gasteiger charge is -2.38. The smallest absolute Gasteiger partial charge is 0.228 e. The van der Waals surface area contributed by atoms with E-state index >= 15 is 0 Å². The highest BCUT2D eigenvalue weighted by molar-refractivity contribution is 5.82. The van der Waals surface area contributed by atoms with Crippen LogP contribution in [0.2, 0.25) is 0 Å². The number of ether oxygens (including phenoxy) is 1. The van der Waals surface area contributed by atoms with Gasteiger partial charge in [0.1, 0.15) is 5.72 Å². The van der Waals surface area contributed by atoms with Crippen molar-refractivity contribution in [2.24, 2.45) is 17.8 Å². The summed E-state index contributed by atoms with van der Waals surface area (Å²) in [5.74, 6) is 0.131. The number of benzene rings is 1. The average Bonchev–Trinajstić information content (AvgIpc) is 2.92. The third-order valence-electron chi connectivity index (χ3n) is 5.92. The summed E-state index contributed by atoms with van der Waals surface area (Å²) in [4.78, 5) is 29.4. The highest BCUT2D eigenvalue weighted by Gasteiger charge is 2.46. The number of amides is 2. The summed E-state index contributed by atoms with van der Waals surface area (Å²) in [5, 5.41) is 0. The van der Waals surface area contributed by atoms with Gasteiger partial charge in [-0.25, -0.2) is 0 Å². The van der Waals surface area contributed by atoms with Gasteiger partial charge in [0.2, 0.25) is 11.8 Å². The molecule has 5 heteroatoms. The summed E-state index contributed by atoms with van der Waals surface area (Å²) in [7, 11) is 3.53. The molecule has 1 saturated heterocycles. The van der Waals surface area contributed by atoms with Crippen molar-refractivity contribution in [3.05, 3.63) is 35.9 Å². The first-order valence-electron chi connectivity index (χ1n) is 10.3. The molecule has 2 rings (SSSR count). The van der Waals surface area contributed by atoms with Gasteiger partial charge in [0.05, 0.1) is 12.6 Å². The Bertz CT molecular complexity index is 670. The molecule has 3 atom stereocenters. The van der Waals surface area contributed by atoms with Gasteiger partial charge in [-0.3, -0.25) is 9.59 Å². The van der Waals surface area contributed by atoms with Crippen LogP contribution in [0.5, 0.6) is 0 Å². The molecule has 0 aromatic heterocycles. The van der Waals surface area contributed by atoms with E-state index in [1.165, 1.54) is 5.56 Å². The van der Waals surface area contributed by atoms with Gasteiger partial charge >= 0.3 is 0 Å². The Hall–Kier alpha value is -1.88. The van der Waals surface area contributed by atoms with E-state index < -0.39 is 5.72 Å². The molecule has 0 spiro atoms. The van der Waals surface area contributed by atoms with Crippen molar-refractivity contribution in [1.29, 1.82) is 0 Å². The predicted molar refractivity (Wildman–Crippen MR) is 112 cm³/mol. The second-order valence-electron chi connectivity index (χ2n) is 9.00. The molecule has 0 unspecified atom stereocenters. The minimum atomic E-state index is -0.641. The fourth-order valence-corrected chi connectivity index (χ4v) is 4.14. The fourth-order valence-electron chi connectivity index (χ4n) is 4.14. The van der Waals surface area contributed by atoms with Crippen LogP contribution < -0.4 is 0 Å². The molecule has 1 aliphatic rings. The summed E-state index contributed by atoms with van der Waals surface area (Å²) in [5.41, 5.74) is 0.556. The van der Waals surface area contributed by atoms with Gasteiger partial charge in [-0.1, -0.05) is 51.1 Å². The van der Waals surface area contributed by atoms with Crippen molar-refractivity contribution >= 4 is 11.8 Å². The molecule has 0 bridgehead atoms. The molecule has 1 fully saturated rings. The highest BCUT2D eigenvalue weighted by Crippen LogP contribution is 2.34. The molecule has 0 aliphatic carbocycles. The van der Waals surface area contributed by atoms with Gasteiger partial charge in [0, 0.05) is 26.4 Å². The van der Waals surface area contributed by atoms with Crippen molar-refractivity contribution in [2.45, 2.75) is 59.2 Å². The largest absolute Gasteiger partial charge is 0.354 e. The molecule has 0 radical (unpaired) electrons. The van der Waals surface area contributed by atoms with Gasteiger partial charge in [0.25, 0.3) is 0 Å². The van der Waals surface area contributed by atoms with Gasteiger partial charge in [-0.05, 0) is 37.7 Å². The zero-order chi connectivity index (χ0) is 21.1. The Morgan fingerprint density at radius 1 is 1.18 bits per heavy atom. The Kier molecular flexibility index (Phi) is 7.27. The third kappa shape index (κ3) is 5.13. The highest BCUT2D eigenvalue weighted by atomic mass is 16.5. The third-order valence-corrected chi connectivity index (χ3v) is 5.92. The second kappa shape index (κ2) is 9.08. The summed E-state index contributed by atoms with van der Waals surface area (Å²) in [6.45, 7) is 10.6. The molecule has 0 saturated carbocycles. The first-order valence-corrected chi connectivity index (χ1v) is 10.3. The first-order chi connectivity index (χ1) is 13.0. The van der Waals surface area contributed by atoms with Gasteiger partial charge in [-0.15, -0.1) is 0 Å². The summed E-state index contributed by atoms with van der Waals surface area (Å²) in [6, 6.07) is 10.2. The normalized spacial score (nSPS) is 20.9. The van der Waals surface area contributed by atoms with Crippen LogP contribution >= 0.6 is 0 Å². The molecular weight excluding hydrogens is 352 g/mol. The van der Waals surface area contributed by atoms with E-state index in [1.54, 1.807) is 19.0 Å². The topological polar surface area (TPSA) is 49.9 Å². The van der Waals surface area contributed by atoms with Gasteiger partial charge < -0.3 is 14.5 Å². The number of hydrogen-bond donors (Lipinski definition) is 0. The zero-order valence-electron chi connectivity index (χ0n) is 18.4. The van der Waals surface area contributed by atoms with Gasteiger partial charge in [-0.2, -0.15) is 0 Å². The minimum absolute atomic E-state index is 0.00354. The molecule has 2 amide bonds. The van der Waals surface area contributed by atoms with E-state index in [2.05, 4.69) is 26.0 Å². The number of rotatable bonds is 7. The Morgan fingerprint density at radius 3 is 2.32 bits per heavy atom. The van der Waals surface area contributed by atoms with Crippen LogP contribution in [-0.4, -0.2) is 54.1 Å². The minimum Gasteiger partial charge on any atom is -0.354 e. The maximum Gasteiger partial charge on any atom is 0.228 e. The van der Waals surface area contributed by atoms with Crippen molar-refractivity contribution in [1.82, 2.24) is 9.80 Å². The van der Waals surface area contributed by atoms with Crippen molar-refractivity contribution < 1.29 is 14.3 Å². The predicted octanol–water partition coefficient (Wildman–Crippen LogP) is 3.58. The molecule has 1 heterocycles. The fraction of sp³-hybridized carbons (Fsp3) is 0.652. The lowest BCUT2D eigenvalue weighted by molar-refractivity contribution is -0.153. The number of hydrogen-bond acceptors (Lipinski definition) is 3. The van der Waals surface area contributed by atoms with Crippen LogP contribution in [0.3, 0.4) is 0 Å². The maximum absolute atomic E-state index is 13.6. The molecule has 5 nitrogen and oxygen atoms in total. The Balaban J connectivity index is 2.22. The summed E-state index contributed by atoms with van der Waals surface area (Å²) in [6.07, 6.45) is 1.15. The first kappa shape index (κ1) is 22.4. The Labute approximate surface area is 170 Å². The maximum atomic E-state index is 13.6. The van der Waals surface area contributed by atoms with Crippen LogP contribution in [0, 0.1) is 17.8 Å². The quantitative estimate of drug-likeness (QED) is 0.717. The zero-order valence-corrected chi connectivity index (χ0v) is 18.4. The molecule has 1 aliphatic heterocycles. The van der Waals surface area contributed by atoms with E-state index in [0.717, 1.165) is 6.42 Å². The summed E-state index contributed by atoms with van der Waals surface area (Å²) >= 11 is 0. The van der Waals surface area contributed by atoms with E-state index in [9.17, 15) is 9.59 Å². The second-order valence-corrected chi connectivity index (χ2v) is 9.00. The number of nitrogens with zero attached hydrogens (tertiary/aromatic N) is 2. The van der Waals surface area contributed by atoms with E-state index in [4.69, 9.17) is 4.74 Å². The monoisotopic (exact) mass is 388 g/mol. The number of carbonyl (C=O) groups excluding carboxylic acids is 2. The molecule has 1 aromatic rings. The molecule has 156 valence electrons. The lowest BCUT2D eigenvalue weighted by Crippen LogP contribution is -2.52. The van der Waals surface area contributed by atoms with Crippen LogP contribution in [0.15, 0.2) is 30.3 Å². The SMILES string of the molecule is CC(C)[C@@H](CC(=O)N(C)C)[C@@H](C)C(=O)N1[C@@H](Cc2ccccc2)COC1(C)C. The van der Waals surface area contributed by atoms with Crippen LogP contribution in [0.4, 0.5) is 0 Å². The van der Waals surface area contributed by atoms with Crippen LogP contribution in [-0.2, 0) is 20.7 Å². The van der Waals surface area contributed by atoms with E-state index in [0.29, 0.717) is 13.0 Å². The summed E-state index contributed by atoms with van der Waals surface area (Å²) < 4.78 is 6.00. The molecule has 0 N–H and O–H groups in total. The van der Waals surface area contributed by atoms with Gasteiger partial charge in [0.15, 0.2) is 0 Å². The molecule has 1 aromatic carbocycles. The van der Waals surface area contributed by atoms with Crippen molar-refractivity contribution in [3.63, 3.8) is 0 Å². The van der Waals surface area contributed by atoms with Crippen molar-refractivity contribution in [3.8, 4) is 0 Å². The molecule has 28 heavy (non-hydrogen) atoms. The van der Waals surface area contributed by atoms with Crippen LogP contribution in [0.25, 0.3) is 0 Å². The number of carbonyl (C=O) groups is 2. The van der Waals surface area contributed by atoms with Crippen molar-refractivity contribution in [2.75, 3.05) is 20.7 Å². The van der Waals surface area contributed by atoms with E-state index in [1.807, 2.05) is 43.9 Å². The Morgan fingerprint density at radius 2 is 1.79 bits per heavy atom. The molecular formula is C23H36N2O3. The van der Waals surface area contributed by atoms with Crippen LogP contribution in [0.1, 0.15) is 46.6 Å². The lowest BCUT2D eigenvalue weighted by atomic mass is 9.80. The average molecular weight is 389 g/mol. The standard InChI is InChI=1S/C23H36N2O3/c1-16(2)20(14-21(26)24(6)7)17(3)22(27)25-19(15-28-23(25,4)5)13-18-11-9-8-10-12-18/h8-12,16-17,19-20H,13-15H2,1-7H3/t17-,19+,20-/m1/s1.